The predicted molar refractivity (Wildman–Crippen MR) is 72.2 cm³/mol. The molecule has 96 valence electrons. The third kappa shape index (κ3) is 2.08. The van der Waals surface area contributed by atoms with E-state index in [2.05, 4.69) is 15.0 Å². The average Bonchev–Trinajstić information content (AvgIpc) is 2.82. The van der Waals surface area contributed by atoms with E-state index >= 15 is 0 Å². The van der Waals surface area contributed by atoms with Gasteiger partial charge in [0.15, 0.2) is 5.82 Å². The normalized spacial score (nSPS) is 10.8. The second kappa shape index (κ2) is 4.56. The van der Waals surface area contributed by atoms with Crippen LogP contribution in [0.3, 0.4) is 0 Å². The minimum Gasteiger partial charge on any atom is -0.494 e. The van der Waals surface area contributed by atoms with Gasteiger partial charge in [0, 0.05) is 6.07 Å². The highest BCUT2D eigenvalue weighted by Crippen LogP contribution is 2.22. The minimum absolute atomic E-state index is 0.380. The van der Waals surface area contributed by atoms with Crippen LogP contribution in [0.25, 0.3) is 16.9 Å². The number of nitrogens with zero attached hydrogens (tertiary/aromatic N) is 4. The van der Waals surface area contributed by atoms with Crippen molar-refractivity contribution in [1.82, 2.24) is 19.5 Å². The van der Waals surface area contributed by atoms with Crippen LogP contribution >= 0.6 is 0 Å². The summed E-state index contributed by atoms with van der Waals surface area (Å²) in [5.41, 5.74) is 7.42. The Labute approximate surface area is 109 Å². The summed E-state index contributed by atoms with van der Waals surface area (Å²) in [5, 5.41) is 0. The third-order valence-electron chi connectivity index (χ3n) is 2.72. The molecule has 0 bridgehead atoms. The Balaban J connectivity index is 2.10. The summed E-state index contributed by atoms with van der Waals surface area (Å²) in [6, 6.07) is 5.75. The molecule has 2 heterocycles. The minimum atomic E-state index is 0.380. The van der Waals surface area contributed by atoms with Crippen molar-refractivity contribution in [2.24, 2.45) is 0 Å². The topological polar surface area (TPSA) is 78.8 Å². The van der Waals surface area contributed by atoms with Gasteiger partial charge in [-0.1, -0.05) is 0 Å². The van der Waals surface area contributed by atoms with E-state index in [4.69, 9.17) is 10.5 Å². The van der Waals surface area contributed by atoms with Crippen molar-refractivity contribution in [2.45, 2.75) is 6.92 Å². The maximum atomic E-state index is 5.65. The standard InChI is InChI=1S/C13H13N5O/c1-2-19-9-3-4-11-10(5-9)16-8-18(11)13-7-15-6-12(14)17-13/h3-8H,2H2,1H3,(H2,14,17). The SMILES string of the molecule is CCOc1ccc2c(c1)ncn2-c1cncc(N)n1. The fraction of sp³-hybridized carbons (Fsp3) is 0.154. The van der Waals surface area contributed by atoms with Crippen LogP contribution in [-0.4, -0.2) is 26.1 Å². The van der Waals surface area contributed by atoms with Gasteiger partial charge in [0.1, 0.15) is 17.9 Å². The van der Waals surface area contributed by atoms with E-state index in [0.29, 0.717) is 18.2 Å². The molecule has 3 rings (SSSR count). The summed E-state index contributed by atoms with van der Waals surface area (Å²) >= 11 is 0. The van der Waals surface area contributed by atoms with Crippen molar-refractivity contribution in [1.29, 1.82) is 0 Å². The lowest BCUT2D eigenvalue weighted by molar-refractivity contribution is 0.340. The first-order chi connectivity index (χ1) is 9.28. The molecule has 0 radical (unpaired) electrons. The van der Waals surface area contributed by atoms with Crippen LogP contribution in [0.4, 0.5) is 5.82 Å². The number of hydrogen-bond donors (Lipinski definition) is 1. The van der Waals surface area contributed by atoms with Crippen molar-refractivity contribution in [3.8, 4) is 11.6 Å². The molecule has 0 amide bonds. The number of imidazole rings is 1. The molecule has 0 spiro atoms. The number of aromatic nitrogens is 4. The summed E-state index contributed by atoms with van der Waals surface area (Å²) < 4.78 is 7.29. The van der Waals surface area contributed by atoms with E-state index < -0.39 is 0 Å². The molecule has 0 aliphatic rings. The maximum Gasteiger partial charge on any atom is 0.159 e. The quantitative estimate of drug-likeness (QED) is 0.772. The zero-order chi connectivity index (χ0) is 13.2. The molecule has 19 heavy (non-hydrogen) atoms. The van der Waals surface area contributed by atoms with Gasteiger partial charge >= 0.3 is 0 Å². The van der Waals surface area contributed by atoms with Crippen LogP contribution in [0.15, 0.2) is 36.9 Å². The molecule has 3 aromatic rings. The molecule has 6 nitrogen and oxygen atoms in total. The highest BCUT2D eigenvalue weighted by Gasteiger charge is 2.07. The highest BCUT2D eigenvalue weighted by atomic mass is 16.5. The largest absolute Gasteiger partial charge is 0.494 e. The van der Waals surface area contributed by atoms with Crippen molar-refractivity contribution in [3.05, 3.63) is 36.9 Å². The first-order valence-electron chi connectivity index (χ1n) is 5.95. The molecule has 0 unspecified atom stereocenters. The first-order valence-corrected chi connectivity index (χ1v) is 5.95. The van der Waals surface area contributed by atoms with Gasteiger partial charge < -0.3 is 10.5 Å². The summed E-state index contributed by atoms with van der Waals surface area (Å²) in [7, 11) is 0. The van der Waals surface area contributed by atoms with Crippen LogP contribution in [0, 0.1) is 0 Å². The van der Waals surface area contributed by atoms with Gasteiger partial charge in [0.25, 0.3) is 0 Å². The number of benzene rings is 1. The summed E-state index contributed by atoms with van der Waals surface area (Å²) in [6.07, 6.45) is 4.85. The second-order valence-electron chi connectivity index (χ2n) is 4.00. The third-order valence-corrected chi connectivity index (χ3v) is 2.72. The van der Waals surface area contributed by atoms with E-state index in [-0.39, 0.29) is 0 Å². The Morgan fingerprint density at radius 3 is 3.00 bits per heavy atom. The lowest BCUT2D eigenvalue weighted by atomic mass is 10.3. The Kier molecular flexibility index (Phi) is 2.75. The van der Waals surface area contributed by atoms with Gasteiger partial charge in [0.05, 0.1) is 30.0 Å². The Morgan fingerprint density at radius 1 is 1.32 bits per heavy atom. The highest BCUT2D eigenvalue weighted by molar-refractivity contribution is 5.78. The number of hydrogen-bond acceptors (Lipinski definition) is 5. The molecule has 6 heteroatoms. The first kappa shape index (κ1) is 11.5. The Bertz CT molecular complexity index is 722. The number of nitrogens with two attached hydrogens (primary N) is 1. The van der Waals surface area contributed by atoms with E-state index in [1.807, 2.05) is 29.7 Å². The van der Waals surface area contributed by atoms with Gasteiger partial charge in [-0.2, -0.15) is 0 Å². The summed E-state index contributed by atoms with van der Waals surface area (Å²) in [6.45, 7) is 2.58. The molecule has 0 atom stereocenters. The number of fused-ring (bicyclic) bond motifs is 1. The lowest BCUT2D eigenvalue weighted by Crippen LogP contribution is -2.00. The van der Waals surface area contributed by atoms with Crippen molar-refractivity contribution < 1.29 is 4.74 Å². The monoisotopic (exact) mass is 255 g/mol. The smallest absolute Gasteiger partial charge is 0.159 e. The number of rotatable bonds is 3. The Hall–Kier alpha value is -2.63. The molecule has 1 aromatic carbocycles. The molecule has 0 saturated heterocycles. The van der Waals surface area contributed by atoms with E-state index in [1.165, 1.54) is 6.20 Å². The van der Waals surface area contributed by atoms with Gasteiger partial charge in [-0.05, 0) is 19.1 Å². The van der Waals surface area contributed by atoms with E-state index in [0.717, 1.165) is 16.8 Å². The van der Waals surface area contributed by atoms with E-state index in [1.54, 1.807) is 12.5 Å². The molecular weight excluding hydrogens is 242 g/mol. The van der Waals surface area contributed by atoms with E-state index in [9.17, 15) is 0 Å². The Morgan fingerprint density at radius 2 is 2.21 bits per heavy atom. The zero-order valence-electron chi connectivity index (χ0n) is 10.4. The van der Waals surface area contributed by atoms with Crippen molar-refractivity contribution >= 4 is 16.9 Å². The molecule has 0 fully saturated rings. The number of anilines is 1. The fourth-order valence-corrected chi connectivity index (χ4v) is 1.92. The predicted octanol–water partition coefficient (Wildman–Crippen LogP) is 1.80. The van der Waals surface area contributed by atoms with Crippen LogP contribution in [0.1, 0.15) is 6.92 Å². The molecule has 0 aliphatic carbocycles. The fourth-order valence-electron chi connectivity index (χ4n) is 1.92. The van der Waals surface area contributed by atoms with Gasteiger partial charge in [-0.3, -0.25) is 9.55 Å². The molecule has 0 saturated carbocycles. The molecule has 2 N–H and O–H groups in total. The van der Waals surface area contributed by atoms with Gasteiger partial charge in [-0.15, -0.1) is 0 Å². The maximum absolute atomic E-state index is 5.65. The summed E-state index contributed by atoms with van der Waals surface area (Å²) in [5.74, 6) is 1.83. The average molecular weight is 255 g/mol. The van der Waals surface area contributed by atoms with Crippen molar-refractivity contribution in [2.75, 3.05) is 12.3 Å². The second-order valence-corrected chi connectivity index (χ2v) is 4.00. The summed E-state index contributed by atoms with van der Waals surface area (Å²) in [4.78, 5) is 12.6. The van der Waals surface area contributed by atoms with Gasteiger partial charge in [-0.25, -0.2) is 9.97 Å². The molecule has 0 aliphatic heterocycles. The van der Waals surface area contributed by atoms with Crippen LogP contribution < -0.4 is 10.5 Å². The van der Waals surface area contributed by atoms with Crippen molar-refractivity contribution in [3.63, 3.8) is 0 Å². The van der Waals surface area contributed by atoms with Crippen LogP contribution in [-0.2, 0) is 0 Å². The zero-order valence-corrected chi connectivity index (χ0v) is 10.4. The van der Waals surface area contributed by atoms with Crippen LogP contribution in [0.2, 0.25) is 0 Å². The molecule has 2 aromatic heterocycles. The lowest BCUT2D eigenvalue weighted by Gasteiger charge is -2.05. The van der Waals surface area contributed by atoms with Gasteiger partial charge in [0.2, 0.25) is 0 Å². The molecular formula is C13H13N5O. The van der Waals surface area contributed by atoms with Crippen LogP contribution in [0.5, 0.6) is 5.75 Å². The number of nitrogen functional groups attached to an aromatic ring is 1. The number of ether oxygens (including phenoxy) is 1.